The number of rotatable bonds is 5. The van der Waals surface area contributed by atoms with Crippen LogP contribution in [0, 0.1) is 11.8 Å². The molecule has 1 amide bonds. The largest absolute Gasteiger partial charge is 0.356 e. The summed E-state index contributed by atoms with van der Waals surface area (Å²) in [6.07, 6.45) is 10.5. The summed E-state index contributed by atoms with van der Waals surface area (Å²) >= 11 is 0. The van der Waals surface area contributed by atoms with Gasteiger partial charge in [-0.3, -0.25) is 4.79 Å². The maximum atomic E-state index is 11.3. The van der Waals surface area contributed by atoms with Gasteiger partial charge < -0.3 is 5.32 Å². The van der Waals surface area contributed by atoms with Crippen molar-refractivity contribution >= 4 is 5.91 Å². The highest BCUT2D eigenvalue weighted by Crippen LogP contribution is 2.29. The van der Waals surface area contributed by atoms with E-state index in [9.17, 15) is 4.79 Å². The molecule has 0 unspecified atom stereocenters. The van der Waals surface area contributed by atoms with Crippen LogP contribution >= 0.6 is 0 Å². The lowest BCUT2D eigenvalue weighted by molar-refractivity contribution is -0.122. The molecule has 0 heterocycles. The fourth-order valence-corrected chi connectivity index (χ4v) is 2.39. The minimum Gasteiger partial charge on any atom is -0.356 e. The SMILES string of the molecule is O=C(NCCCC1CCCC1)C1CC1. The molecule has 2 saturated carbocycles. The molecular formula is C12H21NO. The number of carbonyl (C=O) groups is 1. The maximum absolute atomic E-state index is 11.3. The van der Waals surface area contributed by atoms with E-state index in [4.69, 9.17) is 0 Å². The first-order valence-electron chi connectivity index (χ1n) is 6.14. The van der Waals surface area contributed by atoms with Gasteiger partial charge in [-0.1, -0.05) is 25.7 Å². The molecule has 0 aromatic heterocycles. The van der Waals surface area contributed by atoms with Gasteiger partial charge in [0.05, 0.1) is 0 Å². The number of hydrogen-bond acceptors (Lipinski definition) is 1. The van der Waals surface area contributed by atoms with Crippen molar-refractivity contribution in [3.63, 3.8) is 0 Å². The first-order chi connectivity index (χ1) is 6.86. The van der Waals surface area contributed by atoms with Crippen molar-refractivity contribution in [3.8, 4) is 0 Å². The molecule has 0 aromatic carbocycles. The first kappa shape index (κ1) is 10.0. The average molecular weight is 195 g/mol. The second kappa shape index (κ2) is 4.81. The lowest BCUT2D eigenvalue weighted by Crippen LogP contribution is -2.26. The smallest absolute Gasteiger partial charge is 0.223 e. The van der Waals surface area contributed by atoms with Crippen LogP contribution in [0.3, 0.4) is 0 Å². The second-order valence-electron chi connectivity index (χ2n) is 4.86. The molecule has 80 valence electrons. The third-order valence-electron chi connectivity index (χ3n) is 3.51. The summed E-state index contributed by atoms with van der Waals surface area (Å²) in [5, 5.41) is 3.03. The van der Waals surface area contributed by atoms with E-state index < -0.39 is 0 Å². The third-order valence-corrected chi connectivity index (χ3v) is 3.51. The lowest BCUT2D eigenvalue weighted by Gasteiger charge is -2.08. The number of carbonyl (C=O) groups excluding carboxylic acids is 1. The molecule has 2 heteroatoms. The minimum absolute atomic E-state index is 0.302. The Balaban J connectivity index is 1.48. The molecule has 0 radical (unpaired) electrons. The Hall–Kier alpha value is -0.530. The summed E-state index contributed by atoms with van der Waals surface area (Å²) in [4.78, 5) is 11.3. The predicted molar refractivity (Wildman–Crippen MR) is 56.9 cm³/mol. The van der Waals surface area contributed by atoms with E-state index in [0.29, 0.717) is 11.8 Å². The summed E-state index contributed by atoms with van der Waals surface area (Å²) in [6, 6.07) is 0. The van der Waals surface area contributed by atoms with Crippen LogP contribution in [0.1, 0.15) is 51.4 Å². The van der Waals surface area contributed by atoms with Crippen molar-refractivity contribution in [1.82, 2.24) is 5.32 Å². The second-order valence-corrected chi connectivity index (χ2v) is 4.86. The topological polar surface area (TPSA) is 29.1 Å². The third kappa shape index (κ3) is 3.00. The molecule has 2 rings (SSSR count). The molecule has 2 fully saturated rings. The van der Waals surface area contributed by atoms with Gasteiger partial charge in [-0.05, 0) is 31.6 Å². The van der Waals surface area contributed by atoms with Crippen LogP contribution in [0.4, 0.5) is 0 Å². The molecule has 2 aliphatic rings. The van der Waals surface area contributed by atoms with Crippen LogP contribution in [0.2, 0.25) is 0 Å². The van der Waals surface area contributed by atoms with Gasteiger partial charge in [-0.15, -0.1) is 0 Å². The number of amides is 1. The van der Waals surface area contributed by atoms with Gasteiger partial charge in [-0.25, -0.2) is 0 Å². The van der Waals surface area contributed by atoms with Crippen molar-refractivity contribution in [2.24, 2.45) is 11.8 Å². The summed E-state index contributed by atoms with van der Waals surface area (Å²) in [7, 11) is 0. The summed E-state index contributed by atoms with van der Waals surface area (Å²) in [6.45, 7) is 0.909. The monoisotopic (exact) mass is 195 g/mol. The van der Waals surface area contributed by atoms with E-state index in [1.54, 1.807) is 0 Å². The highest BCUT2D eigenvalue weighted by atomic mass is 16.2. The zero-order valence-corrected chi connectivity index (χ0v) is 8.93. The fourth-order valence-electron chi connectivity index (χ4n) is 2.39. The number of nitrogens with one attached hydrogen (secondary N) is 1. The standard InChI is InChI=1S/C12H21NO/c14-12(11-7-8-11)13-9-3-6-10-4-1-2-5-10/h10-11H,1-9H2,(H,13,14). The highest BCUT2D eigenvalue weighted by molar-refractivity contribution is 5.80. The van der Waals surface area contributed by atoms with Crippen LogP contribution in [0.5, 0.6) is 0 Å². The predicted octanol–water partition coefficient (Wildman–Crippen LogP) is 2.48. The van der Waals surface area contributed by atoms with Crippen LogP contribution < -0.4 is 5.32 Å². The van der Waals surface area contributed by atoms with Gasteiger partial charge >= 0.3 is 0 Å². The molecule has 0 spiro atoms. The Morgan fingerprint density at radius 1 is 1.14 bits per heavy atom. The molecular weight excluding hydrogens is 174 g/mol. The van der Waals surface area contributed by atoms with Crippen LogP contribution in [-0.2, 0) is 4.79 Å². The van der Waals surface area contributed by atoms with E-state index in [2.05, 4.69) is 5.32 Å². The Labute approximate surface area is 86.5 Å². The zero-order chi connectivity index (χ0) is 9.80. The van der Waals surface area contributed by atoms with E-state index in [0.717, 1.165) is 25.3 Å². The van der Waals surface area contributed by atoms with E-state index in [-0.39, 0.29) is 0 Å². The van der Waals surface area contributed by atoms with Crippen molar-refractivity contribution in [2.75, 3.05) is 6.54 Å². The zero-order valence-electron chi connectivity index (χ0n) is 8.93. The quantitative estimate of drug-likeness (QED) is 0.671. The fraction of sp³-hybridized carbons (Fsp3) is 0.917. The van der Waals surface area contributed by atoms with Gasteiger partial charge in [0.15, 0.2) is 0 Å². The van der Waals surface area contributed by atoms with Gasteiger partial charge in [0.1, 0.15) is 0 Å². The lowest BCUT2D eigenvalue weighted by atomic mass is 10.0. The molecule has 2 aliphatic carbocycles. The molecule has 0 bridgehead atoms. The van der Waals surface area contributed by atoms with E-state index >= 15 is 0 Å². The van der Waals surface area contributed by atoms with E-state index in [1.807, 2.05) is 0 Å². The average Bonchev–Trinajstić information content (AvgIpc) is 2.92. The summed E-state index contributed by atoms with van der Waals surface area (Å²) in [5.74, 6) is 1.64. The molecule has 0 atom stereocenters. The molecule has 2 nitrogen and oxygen atoms in total. The van der Waals surface area contributed by atoms with Crippen molar-refractivity contribution in [1.29, 1.82) is 0 Å². The van der Waals surface area contributed by atoms with Gasteiger partial charge in [0.2, 0.25) is 5.91 Å². The van der Waals surface area contributed by atoms with Crippen LogP contribution in [0.15, 0.2) is 0 Å². The molecule has 1 N–H and O–H groups in total. The van der Waals surface area contributed by atoms with Gasteiger partial charge in [0.25, 0.3) is 0 Å². The van der Waals surface area contributed by atoms with E-state index in [1.165, 1.54) is 38.5 Å². The Kier molecular flexibility index (Phi) is 3.44. The van der Waals surface area contributed by atoms with Crippen molar-refractivity contribution < 1.29 is 4.79 Å². The first-order valence-corrected chi connectivity index (χ1v) is 6.14. The normalized spacial score (nSPS) is 22.6. The molecule has 0 aliphatic heterocycles. The Morgan fingerprint density at radius 3 is 2.50 bits per heavy atom. The van der Waals surface area contributed by atoms with Crippen molar-refractivity contribution in [2.45, 2.75) is 51.4 Å². The maximum Gasteiger partial charge on any atom is 0.223 e. The van der Waals surface area contributed by atoms with Gasteiger partial charge in [0, 0.05) is 12.5 Å². The molecule has 14 heavy (non-hydrogen) atoms. The number of hydrogen-bond donors (Lipinski definition) is 1. The Morgan fingerprint density at radius 2 is 1.86 bits per heavy atom. The minimum atomic E-state index is 0.302. The van der Waals surface area contributed by atoms with Crippen LogP contribution in [0.25, 0.3) is 0 Å². The highest BCUT2D eigenvalue weighted by Gasteiger charge is 2.29. The van der Waals surface area contributed by atoms with Crippen LogP contribution in [-0.4, -0.2) is 12.5 Å². The van der Waals surface area contributed by atoms with Crippen molar-refractivity contribution in [3.05, 3.63) is 0 Å². The molecule has 0 saturated heterocycles. The molecule has 0 aromatic rings. The Bertz CT molecular complexity index is 192. The van der Waals surface area contributed by atoms with Gasteiger partial charge in [-0.2, -0.15) is 0 Å². The summed E-state index contributed by atoms with van der Waals surface area (Å²) < 4.78 is 0. The summed E-state index contributed by atoms with van der Waals surface area (Å²) in [5.41, 5.74) is 0.